The van der Waals surface area contributed by atoms with Gasteiger partial charge in [-0.25, -0.2) is 9.97 Å². The molecule has 30 heavy (non-hydrogen) atoms. The highest BCUT2D eigenvalue weighted by Crippen LogP contribution is 2.30. The standard InChI is InChI=1S/C21H22BrN7S/c22-17-12-26-29-19(25-11-15-3-1-5-23-10-15)9-18(27-21(17)29)16-4-2-7-28(13-16)14-20-24-6-8-30-20/h1,3,5-6,8-10,12,16,25H,2,4,7,11,13-14H2. The van der Waals surface area contributed by atoms with E-state index in [1.54, 1.807) is 23.7 Å². The van der Waals surface area contributed by atoms with Crippen molar-refractivity contribution in [3.63, 3.8) is 0 Å². The van der Waals surface area contributed by atoms with Gasteiger partial charge in [0.05, 0.1) is 22.9 Å². The zero-order valence-corrected chi connectivity index (χ0v) is 18.8. The Morgan fingerprint density at radius 1 is 1.27 bits per heavy atom. The molecule has 4 aromatic rings. The molecule has 4 aromatic heterocycles. The lowest BCUT2D eigenvalue weighted by Crippen LogP contribution is -2.34. The normalized spacial score (nSPS) is 17.4. The summed E-state index contributed by atoms with van der Waals surface area (Å²) in [7, 11) is 0. The van der Waals surface area contributed by atoms with Crippen LogP contribution in [0.15, 0.2) is 52.8 Å². The minimum Gasteiger partial charge on any atom is -0.366 e. The molecule has 0 spiro atoms. The second kappa shape index (κ2) is 8.79. The van der Waals surface area contributed by atoms with Crippen LogP contribution in [-0.4, -0.2) is 42.6 Å². The van der Waals surface area contributed by atoms with E-state index in [0.717, 1.165) is 53.3 Å². The Morgan fingerprint density at radius 2 is 2.23 bits per heavy atom. The van der Waals surface area contributed by atoms with Gasteiger partial charge in [0, 0.05) is 49.0 Å². The largest absolute Gasteiger partial charge is 0.366 e. The molecular weight excluding hydrogens is 462 g/mol. The van der Waals surface area contributed by atoms with Crippen molar-refractivity contribution in [2.45, 2.75) is 31.8 Å². The lowest BCUT2D eigenvalue weighted by molar-refractivity contribution is 0.198. The SMILES string of the molecule is Brc1cnn2c(NCc3cccnc3)cc(C3CCCN(Cc4nccs4)C3)nc12. The molecule has 7 nitrogen and oxygen atoms in total. The Kier molecular flexibility index (Phi) is 5.74. The summed E-state index contributed by atoms with van der Waals surface area (Å²) in [5.74, 6) is 1.34. The van der Waals surface area contributed by atoms with E-state index in [1.807, 2.05) is 28.4 Å². The van der Waals surface area contributed by atoms with Gasteiger partial charge in [0.2, 0.25) is 0 Å². The van der Waals surface area contributed by atoms with Gasteiger partial charge in [-0.15, -0.1) is 11.3 Å². The van der Waals surface area contributed by atoms with E-state index in [4.69, 9.17) is 4.98 Å². The summed E-state index contributed by atoms with van der Waals surface area (Å²) >= 11 is 5.33. The summed E-state index contributed by atoms with van der Waals surface area (Å²) in [6.45, 7) is 3.71. The highest BCUT2D eigenvalue weighted by Gasteiger charge is 2.24. The molecule has 1 unspecified atom stereocenters. The first-order valence-corrected chi connectivity index (χ1v) is 11.7. The number of halogens is 1. The number of likely N-dealkylation sites (tertiary alicyclic amines) is 1. The van der Waals surface area contributed by atoms with E-state index in [1.165, 1.54) is 11.4 Å². The first-order chi connectivity index (χ1) is 14.8. The molecular formula is C21H22BrN7S. The van der Waals surface area contributed by atoms with E-state index in [0.29, 0.717) is 12.5 Å². The fraction of sp³-hybridized carbons (Fsp3) is 0.333. The van der Waals surface area contributed by atoms with Crippen LogP contribution < -0.4 is 5.32 Å². The van der Waals surface area contributed by atoms with Crippen LogP contribution in [0.5, 0.6) is 0 Å². The number of hydrogen-bond acceptors (Lipinski definition) is 7. The number of rotatable bonds is 6. The maximum Gasteiger partial charge on any atom is 0.171 e. The van der Waals surface area contributed by atoms with Gasteiger partial charge in [-0.2, -0.15) is 9.61 Å². The molecule has 9 heteroatoms. The molecule has 0 bridgehead atoms. The van der Waals surface area contributed by atoms with Gasteiger partial charge in [-0.05, 0) is 46.9 Å². The van der Waals surface area contributed by atoms with Crippen LogP contribution in [0.4, 0.5) is 5.82 Å². The molecule has 0 aromatic carbocycles. The van der Waals surface area contributed by atoms with Crippen molar-refractivity contribution >= 4 is 38.7 Å². The molecule has 1 aliphatic heterocycles. The predicted octanol–water partition coefficient (Wildman–Crippen LogP) is 4.34. The maximum absolute atomic E-state index is 4.97. The molecule has 0 aliphatic carbocycles. The van der Waals surface area contributed by atoms with Crippen LogP contribution in [0.1, 0.15) is 35.0 Å². The van der Waals surface area contributed by atoms with Gasteiger partial charge in [0.1, 0.15) is 10.8 Å². The van der Waals surface area contributed by atoms with E-state index < -0.39 is 0 Å². The van der Waals surface area contributed by atoms with Crippen molar-refractivity contribution in [2.75, 3.05) is 18.4 Å². The van der Waals surface area contributed by atoms with E-state index >= 15 is 0 Å². The molecule has 0 saturated carbocycles. The fourth-order valence-electron chi connectivity index (χ4n) is 3.95. The monoisotopic (exact) mass is 483 g/mol. The minimum atomic E-state index is 0.393. The number of fused-ring (bicyclic) bond motifs is 1. The molecule has 1 saturated heterocycles. The molecule has 1 aliphatic rings. The third kappa shape index (κ3) is 4.23. The molecule has 1 N–H and O–H groups in total. The minimum absolute atomic E-state index is 0.393. The summed E-state index contributed by atoms with van der Waals surface area (Å²) < 4.78 is 2.77. The molecule has 1 atom stereocenters. The average Bonchev–Trinajstić information content (AvgIpc) is 3.43. The van der Waals surface area contributed by atoms with Crippen LogP contribution >= 0.6 is 27.3 Å². The van der Waals surface area contributed by atoms with Gasteiger partial charge in [-0.3, -0.25) is 9.88 Å². The van der Waals surface area contributed by atoms with Crippen molar-refractivity contribution in [1.82, 2.24) is 29.5 Å². The highest BCUT2D eigenvalue weighted by molar-refractivity contribution is 9.10. The molecule has 5 heterocycles. The third-order valence-corrected chi connectivity index (χ3v) is 6.73. The Balaban J connectivity index is 1.40. The number of anilines is 1. The van der Waals surface area contributed by atoms with E-state index in [-0.39, 0.29) is 0 Å². The Morgan fingerprint density at radius 3 is 3.07 bits per heavy atom. The molecule has 1 fully saturated rings. The number of piperidine rings is 1. The van der Waals surface area contributed by atoms with Crippen molar-refractivity contribution in [3.05, 3.63) is 69.1 Å². The quantitative estimate of drug-likeness (QED) is 0.439. The first kappa shape index (κ1) is 19.6. The van der Waals surface area contributed by atoms with E-state index in [9.17, 15) is 0 Å². The second-order valence-electron chi connectivity index (χ2n) is 7.51. The van der Waals surface area contributed by atoms with E-state index in [2.05, 4.69) is 53.3 Å². The third-order valence-electron chi connectivity index (χ3n) is 5.41. The number of nitrogens with zero attached hydrogens (tertiary/aromatic N) is 6. The van der Waals surface area contributed by atoms with Crippen LogP contribution in [0, 0.1) is 0 Å². The molecule has 0 amide bonds. The van der Waals surface area contributed by atoms with Crippen molar-refractivity contribution in [2.24, 2.45) is 0 Å². The van der Waals surface area contributed by atoms with Crippen molar-refractivity contribution < 1.29 is 0 Å². The van der Waals surface area contributed by atoms with Crippen LogP contribution in [0.2, 0.25) is 0 Å². The first-order valence-electron chi connectivity index (χ1n) is 10.0. The predicted molar refractivity (Wildman–Crippen MR) is 122 cm³/mol. The van der Waals surface area contributed by atoms with Gasteiger partial charge < -0.3 is 5.32 Å². The molecule has 5 rings (SSSR count). The number of hydrogen-bond donors (Lipinski definition) is 1. The number of thiazole rings is 1. The van der Waals surface area contributed by atoms with Crippen LogP contribution in [-0.2, 0) is 13.1 Å². The number of aromatic nitrogens is 5. The summed E-state index contributed by atoms with van der Waals surface area (Å²) in [6, 6.07) is 6.17. The highest BCUT2D eigenvalue weighted by atomic mass is 79.9. The van der Waals surface area contributed by atoms with Crippen LogP contribution in [0.3, 0.4) is 0 Å². The number of pyridine rings is 1. The lowest BCUT2D eigenvalue weighted by atomic mass is 9.94. The number of nitrogens with one attached hydrogen (secondary N) is 1. The van der Waals surface area contributed by atoms with Gasteiger partial charge in [-0.1, -0.05) is 6.07 Å². The summed E-state index contributed by atoms with van der Waals surface area (Å²) in [4.78, 5) is 16.1. The van der Waals surface area contributed by atoms with Gasteiger partial charge >= 0.3 is 0 Å². The van der Waals surface area contributed by atoms with Gasteiger partial charge in [0.15, 0.2) is 5.65 Å². The topological polar surface area (TPSA) is 71.2 Å². The molecule has 0 radical (unpaired) electrons. The fourth-order valence-corrected chi connectivity index (χ4v) is 4.95. The summed E-state index contributed by atoms with van der Waals surface area (Å²) in [5, 5.41) is 11.2. The average molecular weight is 484 g/mol. The molecule has 154 valence electrons. The van der Waals surface area contributed by atoms with Gasteiger partial charge in [0.25, 0.3) is 0 Å². The smallest absolute Gasteiger partial charge is 0.171 e. The lowest BCUT2D eigenvalue weighted by Gasteiger charge is -2.32. The zero-order chi connectivity index (χ0) is 20.3. The maximum atomic E-state index is 4.97. The summed E-state index contributed by atoms with van der Waals surface area (Å²) in [5.41, 5.74) is 3.09. The van der Waals surface area contributed by atoms with Crippen molar-refractivity contribution in [3.8, 4) is 0 Å². The zero-order valence-electron chi connectivity index (χ0n) is 16.4. The Bertz CT molecular complexity index is 1110. The van der Waals surface area contributed by atoms with Crippen molar-refractivity contribution in [1.29, 1.82) is 0 Å². The Labute approximate surface area is 187 Å². The Hall–Kier alpha value is -2.36. The van der Waals surface area contributed by atoms with Crippen LogP contribution in [0.25, 0.3) is 5.65 Å². The summed E-state index contributed by atoms with van der Waals surface area (Å²) in [6.07, 6.45) is 9.67. The second-order valence-corrected chi connectivity index (χ2v) is 9.34.